The molecule has 0 radical (unpaired) electrons. The SMILES string of the molecule is Cn1cnc([N+](=O)[O-])c1[Se]c1nc(N)nc2c1ncn2[C@H]1C[C@H](O)[C@@H](CO)O1. The number of nitrogens with two attached hydrogens (primary N) is 1. The number of anilines is 1. The van der Waals surface area contributed by atoms with Gasteiger partial charge >= 0.3 is 163 Å². The molecule has 4 heterocycles. The van der Waals surface area contributed by atoms with Crippen LogP contribution in [0.4, 0.5) is 11.8 Å². The van der Waals surface area contributed by atoms with Gasteiger partial charge in [-0.2, -0.15) is 0 Å². The number of aliphatic hydroxyl groups excluding tert-OH is 2. The Bertz CT molecular complexity index is 1050. The summed E-state index contributed by atoms with van der Waals surface area (Å²) in [6.07, 6.45) is 1.05. The Balaban J connectivity index is 1.75. The van der Waals surface area contributed by atoms with Gasteiger partial charge in [-0.25, -0.2) is 0 Å². The van der Waals surface area contributed by atoms with Gasteiger partial charge in [0.1, 0.15) is 0 Å². The number of hydrogen-bond acceptors (Lipinski definition) is 10. The normalized spacial score (nSPS) is 22.2. The average molecular weight is 455 g/mol. The first kappa shape index (κ1) is 18.7. The number of nitro groups is 1. The number of ether oxygens (including phenoxy) is 1. The van der Waals surface area contributed by atoms with Crippen LogP contribution in [-0.2, 0) is 11.8 Å². The second-order valence-corrected chi connectivity index (χ2v) is 8.22. The van der Waals surface area contributed by atoms with Crippen LogP contribution in [0.15, 0.2) is 12.7 Å². The number of aryl methyl sites for hydroxylation is 1. The fraction of sp³-hybridized carbons (Fsp3) is 0.429. The molecule has 1 aliphatic rings. The van der Waals surface area contributed by atoms with E-state index in [9.17, 15) is 20.3 Å². The van der Waals surface area contributed by atoms with Gasteiger partial charge < -0.3 is 0 Å². The minimum absolute atomic E-state index is 0.00630. The number of aromatic nitrogens is 6. The van der Waals surface area contributed by atoms with Crippen molar-refractivity contribution < 1.29 is 19.9 Å². The average Bonchev–Trinajstić information content (AvgIpc) is 3.32. The zero-order valence-electron chi connectivity index (χ0n) is 14.5. The third kappa shape index (κ3) is 3.10. The van der Waals surface area contributed by atoms with E-state index in [1.54, 1.807) is 16.2 Å². The molecule has 0 bridgehead atoms. The van der Waals surface area contributed by atoms with Crippen LogP contribution in [0.5, 0.6) is 0 Å². The van der Waals surface area contributed by atoms with Crippen LogP contribution < -0.4 is 14.9 Å². The molecule has 0 unspecified atom stereocenters. The van der Waals surface area contributed by atoms with E-state index >= 15 is 0 Å². The maximum atomic E-state index is 11.2. The molecule has 0 saturated carbocycles. The van der Waals surface area contributed by atoms with Crippen LogP contribution in [0.1, 0.15) is 12.6 Å². The quantitative estimate of drug-likeness (QED) is 0.209. The maximum absolute atomic E-state index is 11.2. The van der Waals surface area contributed by atoms with Crippen LogP contribution in [-0.4, -0.2) is 78.0 Å². The van der Waals surface area contributed by atoms with Crippen molar-refractivity contribution in [2.24, 2.45) is 7.05 Å². The Hall–Kier alpha value is -2.64. The first-order valence-corrected chi connectivity index (χ1v) is 9.88. The molecule has 3 aromatic rings. The second kappa shape index (κ2) is 7.07. The molecule has 14 heteroatoms. The van der Waals surface area contributed by atoms with Gasteiger partial charge in [0.15, 0.2) is 0 Å². The van der Waals surface area contributed by atoms with Crippen molar-refractivity contribution in [3.8, 4) is 0 Å². The molecule has 148 valence electrons. The standard InChI is InChI=1S/C14H16N8O5Se/c1-20-4-17-11(22(25)26)13(20)28-12-9-10(18-14(15)19-12)21(5-16-9)8-2-6(24)7(3-23)27-8/h4-8,23-24H,2-3H2,1H3,(H2,15,18,19)/t6-,7+,8+/m0/s1. The predicted molar refractivity (Wildman–Crippen MR) is 96.2 cm³/mol. The molecular weight excluding hydrogens is 439 g/mol. The molecule has 1 saturated heterocycles. The van der Waals surface area contributed by atoms with Gasteiger partial charge in [-0.3, -0.25) is 0 Å². The van der Waals surface area contributed by atoms with Gasteiger partial charge in [-0.05, 0) is 0 Å². The molecule has 3 aromatic heterocycles. The first-order valence-electron chi connectivity index (χ1n) is 8.17. The van der Waals surface area contributed by atoms with Gasteiger partial charge in [-0.15, -0.1) is 0 Å². The van der Waals surface area contributed by atoms with E-state index in [2.05, 4.69) is 19.9 Å². The van der Waals surface area contributed by atoms with Gasteiger partial charge in [0, 0.05) is 0 Å². The van der Waals surface area contributed by atoms with E-state index in [1.165, 1.54) is 12.7 Å². The van der Waals surface area contributed by atoms with Gasteiger partial charge in [0.2, 0.25) is 0 Å². The molecule has 0 amide bonds. The summed E-state index contributed by atoms with van der Waals surface area (Å²) in [5, 5.41) is 30.5. The zero-order chi connectivity index (χ0) is 20.0. The fourth-order valence-electron chi connectivity index (χ4n) is 2.98. The van der Waals surface area contributed by atoms with Crippen molar-refractivity contribution in [3.63, 3.8) is 0 Å². The summed E-state index contributed by atoms with van der Waals surface area (Å²) in [6, 6.07) is 0. The summed E-state index contributed by atoms with van der Waals surface area (Å²) in [5.74, 6) is -0.242. The number of hydrogen-bond donors (Lipinski definition) is 3. The minimum atomic E-state index is -0.813. The molecular formula is C14H16N8O5Se. The van der Waals surface area contributed by atoms with Crippen molar-refractivity contribution in [2.45, 2.75) is 24.9 Å². The van der Waals surface area contributed by atoms with Gasteiger partial charge in [0.25, 0.3) is 0 Å². The van der Waals surface area contributed by atoms with Crippen molar-refractivity contribution in [1.82, 2.24) is 29.1 Å². The molecule has 4 rings (SSSR count). The molecule has 4 N–H and O–H groups in total. The Kier molecular flexibility index (Phi) is 4.72. The van der Waals surface area contributed by atoms with E-state index in [4.69, 9.17) is 10.5 Å². The Labute approximate surface area is 163 Å². The molecule has 28 heavy (non-hydrogen) atoms. The number of aliphatic hydroxyl groups is 2. The number of nitrogen functional groups attached to an aromatic ring is 1. The first-order chi connectivity index (χ1) is 13.4. The van der Waals surface area contributed by atoms with E-state index in [-0.39, 0.29) is 24.8 Å². The van der Waals surface area contributed by atoms with Crippen LogP contribution in [0, 0.1) is 10.1 Å². The number of fused-ring (bicyclic) bond motifs is 1. The fourth-order valence-corrected chi connectivity index (χ4v) is 5.02. The number of rotatable bonds is 5. The summed E-state index contributed by atoms with van der Waals surface area (Å²) in [5.41, 5.74) is 6.69. The molecule has 1 aliphatic heterocycles. The molecule has 0 aliphatic carbocycles. The molecule has 0 spiro atoms. The predicted octanol–water partition coefficient (Wildman–Crippen LogP) is -2.65. The number of imidazole rings is 2. The topological polar surface area (TPSA) is 180 Å². The summed E-state index contributed by atoms with van der Waals surface area (Å²) in [6.45, 7) is -0.306. The second-order valence-electron chi connectivity index (χ2n) is 6.17. The van der Waals surface area contributed by atoms with Crippen LogP contribution in [0.3, 0.4) is 0 Å². The van der Waals surface area contributed by atoms with Crippen molar-refractivity contribution in [2.75, 3.05) is 12.3 Å². The molecule has 1 fully saturated rings. The number of nitrogens with zero attached hydrogens (tertiary/aromatic N) is 7. The van der Waals surface area contributed by atoms with Crippen molar-refractivity contribution in [3.05, 3.63) is 22.8 Å². The zero-order valence-corrected chi connectivity index (χ0v) is 16.2. The third-order valence-electron chi connectivity index (χ3n) is 4.33. The Morgan fingerprint density at radius 1 is 1.43 bits per heavy atom. The van der Waals surface area contributed by atoms with Crippen molar-refractivity contribution >= 4 is 47.1 Å². The summed E-state index contributed by atoms with van der Waals surface area (Å²) in [7, 11) is 1.67. The van der Waals surface area contributed by atoms with Crippen molar-refractivity contribution in [1.29, 1.82) is 0 Å². The Morgan fingerprint density at radius 3 is 2.89 bits per heavy atom. The van der Waals surface area contributed by atoms with Crippen LogP contribution >= 0.6 is 0 Å². The van der Waals surface area contributed by atoms with E-state index in [1.807, 2.05) is 0 Å². The molecule has 0 aromatic carbocycles. The summed E-state index contributed by atoms with van der Waals surface area (Å²) in [4.78, 5) is 27.3. The summed E-state index contributed by atoms with van der Waals surface area (Å²) >= 11 is -0.605. The third-order valence-corrected chi connectivity index (χ3v) is 6.73. The van der Waals surface area contributed by atoms with Crippen LogP contribution in [0.25, 0.3) is 11.2 Å². The van der Waals surface area contributed by atoms with Crippen LogP contribution in [0.2, 0.25) is 0 Å². The summed E-state index contributed by atoms with van der Waals surface area (Å²) < 4.78 is 9.73. The Morgan fingerprint density at radius 2 is 2.21 bits per heavy atom. The monoisotopic (exact) mass is 456 g/mol. The molecule has 13 nitrogen and oxygen atoms in total. The van der Waals surface area contributed by atoms with Gasteiger partial charge in [-0.1, -0.05) is 0 Å². The van der Waals surface area contributed by atoms with Gasteiger partial charge in [0.05, 0.1) is 0 Å². The van der Waals surface area contributed by atoms with E-state index in [0.717, 1.165) is 0 Å². The molecule has 3 atom stereocenters. The van der Waals surface area contributed by atoms with E-state index < -0.39 is 38.3 Å². The van der Waals surface area contributed by atoms with E-state index in [0.29, 0.717) is 20.3 Å².